The van der Waals surface area contributed by atoms with Gasteiger partial charge in [0.2, 0.25) is 0 Å². The van der Waals surface area contributed by atoms with Crippen molar-refractivity contribution < 1.29 is 0 Å². The first kappa shape index (κ1) is 13.8. The first-order valence-corrected chi connectivity index (χ1v) is 8.86. The minimum absolute atomic E-state index is 0.0275. The molecular formula is C22H16N4. The number of imidazole rings is 2. The highest BCUT2D eigenvalue weighted by atomic mass is 15.2. The third-order valence-electron chi connectivity index (χ3n) is 5.27. The summed E-state index contributed by atoms with van der Waals surface area (Å²) in [6.45, 7) is 0.744. The van der Waals surface area contributed by atoms with Crippen molar-refractivity contribution in [1.82, 2.24) is 19.1 Å². The molecule has 0 spiro atoms. The zero-order valence-corrected chi connectivity index (χ0v) is 14.1. The Morgan fingerprint density at radius 2 is 1.35 bits per heavy atom. The van der Waals surface area contributed by atoms with Crippen LogP contribution in [0.15, 0.2) is 78.9 Å². The van der Waals surface area contributed by atoms with Crippen LogP contribution in [0.2, 0.25) is 0 Å². The molecule has 3 aromatic carbocycles. The van der Waals surface area contributed by atoms with Crippen molar-refractivity contribution in [3.63, 3.8) is 0 Å². The van der Waals surface area contributed by atoms with Gasteiger partial charge < -0.3 is 9.13 Å². The molecule has 2 aromatic heterocycles. The molecule has 0 fully saturated rings. The van der Waals surface area contributed by atoms with E-state index >= 15 is 0 Å². The highest BCUT2D eigenvalue weighted by Gasteiger charge is 2.31. The second-order valence-electron chi connectivity index (χ2n) is 6.74. The van der Waals surface area contributed by atoms with Gasteiger partial charge in [-0.15, -0.1) is 0 Å². The number of fused-ring (bicyclic) bond motifs is 6. The third kappa shape index (κ3) is 1.78. The fourth-order valence-corrected chi connectivity index (χ4v) is 4.15. The van der Waals surface area contributed by atoms with E-state index in [-0.39, 0.29) is 6.04 Å². The molecule has 3 heterocycles. The summed E-state index contributed by atoms with van der Waals surface area (Å²) >= 11 is 0. The van der Waals surface area contributed by atoms with E-state index in [0.717, 1.165) is 34.7 Å². The van der Waals surface area contributed by atoms with Crippen LogP contribution in [0.5, 0.6) is 0 Å². The molecule has 1 atom stereocenters. The van der Waals surface area contributed by atoms with Gasteiger partial charge in [0, 0.05) is 0 Å². The van der Waals surface area contributed by atoms with E-state index < -0.39 is 0 Å². The van der Waals surface area contributed by atoms with E-state index in [1.165, 1.54) is 11.1 Å². The molecule has 1 aliphatic rings. The Labute approximate surface area is 150 Å². The Bertz CT molecular complexity index is 1260. The lowest BCUT2D eigenvalue weighted by Crippen LogP contribution is -2.26. The molecule has 0 N–H and O–H groups in total. The number of aromatic nitrogens is 4. The first-order valence-electron chi connectivity index (χ1n) is 8.86. The maximum atomic E-state index is 5.01. The fourth-order valence-electron chi connectivity index (χ4n) is 4.15. The van der Waals surface area contributed by atoms with Crippen molar-refractivity contribution in [1.29, 1.82) is 0 Å². The summed E-state index contributed by atoms with van der Waals surface area (Å²) in [5.74, 6) is 2.16. The van der Waals surface area contributed by atoms with Crippen molar-refractivity contribution in [3.05, 3.63) is 96.1 Å². The Balaban J connectivity index is 1.72. The summed E-state index contributed by atoms with van der Waals surface area (Å²) in [7, 11) is 0. The monoisotopic (exact) mass is 336 g/mol. The lowest BCUT2D eigenvalue weighted by Gasteiger charge is -2.27. The van der Waals surface area contributed by atoms with Gasteiger partial charge in [-0.1, -0.05) is 54.6 Å². The molecule has 0 bridgehead atoms. The molecule has 124 valence electrons. The quantitative estimate of drug-likeness (QED) is 0.446. The van der Waals surface area contributed by atoms with Crippen molar-refractivity contribution in [2.75, 3.05) is 0 Å². The standard InChI is InChI=1S/C22H16N4/c1-2-8-15(9-3-1)21-22-24-16-10-4-6-12-18(16)25(22)14-20-23-17-11-5-7-13-19(17)26(20)21/h1-13,21H,14H2. The summed E-state index contributed by atoms with van der Waals surface area (Å²) in [5, 5.41) is 0. The summed E-state index contributed by atoms with van der Waals surface area (Å²) in [6, 6.07) is 27.4. The van der Waals surface area contributed by atoms with Gasteiger partial charge in [0.1, 0.15) is 17.7 Å². The summed E-state index contributed by atoms with van der Waals surface area (Å²) < 4.78 is 4.67. The Kier molecular flexibility index (Phi) is 2.69. The number of para-hydroxylation sites is 4. The van der Waals surface area contributed by atoms with Crippen LogP contribution in [-0.4, -0.2) is 19.1 Å². The molecular weight excluding hydrogens is 320 g/mol. The lowest BCUT2D eigenvalue weighted by molar-refractivity contribution is 0.523. The van der Waals surface area contributed by atoms with E-state index in [0.29, 0.717) is 0 Å². The average molecular weight is 336 g/mol. The van der Waals surface area contributed by atoms with Gasteiger partial charge in [-0.3, -0.25) is 0 Å². The van der Waals surface area contributed by atoms with Crippen molar-refractivity contribution in [3.8, 4) is 0 Å². The molecule has 0 saturated heterocycles. The van der Waals surface area contributed by atoms with E-state index in [9.17, 15) is 0 Å². The SMILES string of the molecule is c1ccc(C2c3nc4ccccc4n3Cc3nc4ccccc4n32)cc1. The van der Waals surface area contributed by atoms with Crippen LogP contribution in [-0.2, 0) is 6.54 Å². The van der Waals surface area contributed by atoms with Crippen LogP contribution in [0.25, 0.3) is 22.1 Å². The molecule has 0 saturated carbocycles. The largest absolute Gasteiger partial charge is 0.318 e. The van der Waals surface area contributed by atoms with E-state index in [4.69, 9.17) is 9.97 Å². The van der Waals surface area contributed by atoms with E-state index in [1.807, 2.05) is 12.1 Å². The second-order valence-corrected chi connectivity index (χ2v) is 6.74. The van der Waals surface area contributed by atoms with Gasteiger partial charge in [-0.2, -0.15) is 0 Å². The molecule has 1 unspecified atom stereocenters. The molecule has 6 rings (SSSR count). The van der Waals surface area contributed by atoms with Gasteiger partial charge in [-0.05, 0) is 29.8 Å². The minimum Gasteiger partial charge on any atom is -0.318 e. The molecule has 5 aromatic rings. The third-order valence-corrected chi connectivity index (χ3v) is 5.27. The fraction of sp³-hybridized carbons (Fsp3) is 0.0909. The molecule has 26 heavy (non-hydrogen) atoms. The number of benzene rings is 3. The maximum Gasteiger partial charge on any atom is 0.138 e. The van der Waals surface area contributed by atoms with Crippen LogP contribution < -0.4 is 0 Å². The molecule has 1 aliphatic heterocycles. The van der Waals surface area contributed by atoms with Crippen LogP contribution in [0, 0.1) is 0 Å². The predicted octanol–water partition coefficient (Wildman–Crippen LogP) is 4.39. The van der Waals surface area contributed by atoms with Gasteiger partial charge in [-0.25, -0.2) is 9.97 Å². The van der Waals surface area contributed by atoms with Gasteiger partial charge in [0.15, 0.2) is 0 Å². The Morgan fingerprint density at radius 1 is 0.692 bits per heavy atom. The average Bonchev–Trinajstić information content (AvgIpc) is 3.25. The van der Waals surface area contributed by atoms with Gasteiger partial charge >= 0.3 is 0 Å². The van der Waals surface area contributed by atoms with E-state index in [1.54, 1.807) is 0 Å². The predicted molar refractivity (Wildman–Crippen MR) is 102 cm³/mol. The summed E-state index contributed by atoms with van der Waals surface area (Å²) in [6.07, 6.45) is 0. The van der Waals surface area contributed by atoms with Crippen LogP contribution in [0.1, 0.15) is 23.3 Å². The highest BCUT2D eigenvalue weighted by Crippen LogP contribution is 2.37. The molecule has 0 amide bonds. The zero-order chi connectivity index (χ0) is 17.1. The van der Waals surface area contributed by atoms with Gasteiger partial charge in [0.05, 0.1) is 28.6 Å². The summed E-state index contributed by atoms with van der Waals surface area (Å²) in [4.78, 5) is 9.94. The number of rotatable bonds is 1. The smallest absolute Gasteiger partial charge is 0.138 e. The normalized spacial score (nSPS) is 15.9. The van der Waals surface area contributed by atoms with Crippen molar-refractivity contribution in [2.45, 2.75) is 12.6 Å². The minimum atomic E-state index is 0.0275. The highest BCUT2D eigenvalue weighted by molar-refractivity contribution is 5.79. The summed E-state index contributed by atoms with van der Waals surface area (Å²) in [5.41, 5.74) is 5.64. The van der Waals surface area contributed by atoms with E-state index in [2.05, 4.69) is 75.9 Å². The number of hydrogen-bond acceptors (Lipinski definition) is 2. The zero-order valence-electron chi connectivity index (χ0n) is 14.1. The van der Waals surface area contributed by atoms with Crippen LogP contribution >= 0.6 is 0 Å². The lowest BCUT2D eigenvalue weighted by atomic mass is 10.0. The Morgan fingerprint density at radius 3 is 2.15 bits per heavy atom. The van der Waals surface area contributed by atoms with Crippen LogP contribution in [0.4, 0.5) is 0 Å². The second kappa shape index (κ2) is 5.05. The topological polar surface area (TPSA) is 35.6 Å². The van der Waals surface area contributed by atoms with Crippen molar-refractivity contribution in [2.24, 2.45) is 0 Å². The van der Waals surface area contributed by atoms with Gasteiger partial charge in [0.25, 0.3) is 0 Å². The number of nitrogens with zero attached hydrogens (tertiary/aromatic N) is 4. The maximum absolute atomic E-state index is 5.01. The molecule has 4 heteroatoms. The molecule has 0 radical (unpaired) electrons. The Hall–Kier alpha value is -3.40. The van der Waals surface area contributed by atoms with Crippen LogP contribution in [0.3, 0.4) is 0 Å². The molecule has 4 nitrogen and oxygen atoms in total. The van der Waals surface area contributed by atoms with Crippen molar-refractivity contribution >= 4 is 22.1 Å². The molecule has 0 aliphatic carbocycles. The first-order chi connectivity index (χ1) is 12.9. The number of hydrogen-bond donors (Lipinski definition) is 0.